The average molecular weight is 418 g/mol. The van der Waals surface area contributed by atoms with E-state index in [-0.39, 0.29) is 5.91 Å². The lowest BCUT2D eigenvalue weighted by Gasteiger charge is -1.99. The van der Waals surface area contributed by atoms with Crippen LogP contribution in [-0.2, 0) is 7.05 Å². The number of hydrogen-bond donors (Lipinski definition) is 1. The largest absolute Gasteiger partial charge is 0.344 e. The quantitative estimate of drug-likeness (QED) is 0.285. The fourth-order valence-corrected chi connectivity index (χ4v) is 5.05. The van der Waals surface area contributed by atoms with E-state index in [9.17, 15) is 4.79 Å². The first-order valence-electron chi connectivity index (χ1n) is 9.11. The Morgan fingerprint density at radius 2 is 1.72 bits per heavy atom. The maximum Gasteiger partial charge on any atom is 0.283 e. The number of aromatic nitrogens is 1. The number of benzene rings is 3. The van der Waals surface area contributed by atoms with E-state index in [0.717, 1.165) is 26.6 Å². The van der Waals surface area contributed by atoms with Crippen molar-refractivity contribution in [2.45, 2.75) is 0 Å². The number of para-hydroxylation sites is 1. The molecule has 0 aliphatic carbocycles. The molecule has 0 saturated carbocycles. The zero-order chi connectivity index (χ0) is 20.0. The zero-order valence-corrected chi connectivity index (χ0v) is 17.1. The Kier molecular flexibility index (Phi) is 4.34. The number of halogens is 1. The van der Waals surface area contributed by atoms with Crippen LogP contribution in [0.2, 0.25) is 5.02 Å². The minimum Gasteiger partial charge on any atom is -0.344 e. The highest BCUT2D eigenvalue weighted by Crippen LogP contribution is 2.35. The Morgan fingerprint density at radius 3 is 2.55 bits per heavy atom. The Bertz CT molecular complexity index is 1430. The number of nitrogens with zero attached hydrogens (tertiary/aromatic N) is 2. The summed E-state index contributed by atoms with van der Waals surface area (Å²) in [7, 11) is 2.06. The van der Waals surface area contributed by atoms with Crippen molar-refractivity contribution < 1.29 is 4.79 Å². The Balaban J connectivity index is 1.42. The molecule has 0 saturated heterocycles. The third-order valence-corrected chi connectivity index (χ3v) is 6.73. The summed E-state index contributed by atoms with van der Waals surface area (Å²) in [5, 5.41) is 7.85. The molecule has 0 unspecified atom stereocenters. The van der Waals surface area contributed by atoms with E-state index in [1.165, 1.54) is 22.2 Å². The molecule has 0 fully saturated rings. The van der Waals surface area contributed by atoms with Crippen LogP contribution in [0.1, 0.15) is 15.2 Å². The molecule has 142 valence electrons. The van der Waals surface area contributed by atoms with Crippen LogP contribution in [0.5, 0.6) is 0 Å². The third-order valence-electron chi connectivity index (χ3n) is 5.06. The number of thiophene rings is 1. The molecule has 0 radical (unpaired) electrons. The van der Waals surface area contributed by atoms with E-state index < -0.39 is 0 Å². The second-order valence-electron chi connectivity index (χ2n) is 6.79. The number of hydrogen-bond acceptors (Lipinski definition) is 3. The molecular formula is C23H16ClN3OS. The maximum absolute atomic E-state index is 12.5. The normalized spacial score (nSPS) is 11.8. The van der Waals surface area contributed by atoms with Crippen molar-refractivity contribution in [3.8, 4) is 0 Å². The molecule has 0 atom stereocenters. The van der Waals surface area contributed by atoms with Crippen LogP contribution < -0.4 is 5.43 Å². The molecule has 0 aliphatic heterocycles. The second kappa shape index (κ2) is 7.03. The summed E-state index contributed by atoms with van der Waals surface area (Å²) in [4.78, 5) is 13.0. The van der Waals surface area contributed by atoms with Gasteiger partial charge in [-0.05, 0) is 29.8 Å². The van der Waals surface area contributed by atoms with Gasteiger partial charge in [-0.15, -0.1) is 11.3 Å². The van der Waals surface area contributed by atoms with Gasteiger partial charge in [0.2, 0.25) is 0 Å². The summed E-state index contributed by atoms with van der Waals surface area (Å²) in [5.41, 5.74) is 5.85. The second-order valence-corrected chi connectivity index (χ2v) is 8.22. The molecule has 3 aromatic carbocycles. The summed E-state index contributed by atoms with van der Waals surface area (Å²) >= 11 is 7.73. The van der Waals surface area contributed by atoms with E-state index in [1.807, 2.05) is 42.5 Å². The SMILES string of the molecule is Cn1c2ccccc2c2cc(/C=N\NC(=O)c3sc4ccccc4c3Cl)ccc21. The van der Waals surface area contributed by atoms with Gasteiger partial charge < -0.3 is 4.57 Å². The van der Waals surface area contributed by atoms with Gasteiger partial charge in [0.25, 0.3) is 5.91 Å². The van der Waals surface area contributed by atoms with E-state index in [0.29, 0.717) is 9.90 Å². The van der Waals surface area contributed by atoms with Crippen LogP contribution in [0.25, 0.3) is 31.9 Å². The van der Waals surface area contributed by atoms with Crippen LogP contribution >= 0.6 is 22.9 Å². The van der Waals surface area contributed by atoms with Crippen LogP contribution in [-0.4, -0.2) is 16.7 Å². The Morgan fingerprint density at radius 1 is 1.00 bits per heavy atom. The monoisotopic (exact) mass is 417 g/mol. The zero-order valence-electron chi connectivity index (χ0n) is 15.5. The van der Waals surface area contributed by atoms with Crippen molar-refractivity contribution in [1.29, 1.82) is 0 Å². The van der Waals surface area contributed by atoms with Crippen molar-refractivity contribution in [3.63, 3.8) is 0 Å². The fraction of sp³-hybridized carbons (Fsp3) is 0.0435. The first kappa shape index (κ1) is 17.9. The minimum atomic E-state index is -0.307. The predicted molar refractivity (Wildman–Crippen MR) is 122 cm³/mol. The highest BCUT2D eigenvalue weighted by Gasteiger charge is 2.16. The molecule has 29 heavy (non-hydrogen) atoms. The molecule has 6 heteroatoms. The maximum atomic E-state index is 12.5. The highest BCUT2D eigenvalue weighted by atomic mass is 35.5. The van der Waals surface area contributed by atoms with Crippen molar-refractivity contribution in [1.82, 2.24) is 9.99 Å². The summed E-state index contributed by atoms with van der Waals surface area (Å²) < 4.78 is 3.16. The molecule has 0 aliphatic rings. The van der Waals surface area contributed by atoms with Gasteiger partial charge >= 0.3 is 0 Å². The summed E-state index contributed by atoms with van der Waals surface area (Å²) in [5.74, 6) is -0.307. The molecule has 5 aromatic rings. The summed E-state index contributed by atoms with van der Waals surface area (Å²) in [6.07, 6.45) is 1.65. The van der Waals surface area contributed by atoms with Crippen LogP contribution in [0.4, 0.5) is 0 Å². The van der Waals surface area contributed by atoms with Gasteiger partial charge in [-0.2, -0.15) is 5.10 Å². The molecule has 1 amide bonds. The lowest BCUT2D eigenvalue weighted by molar-refractivity contribution is 0.0959. The van der Waals surface area contributed by atoms with Gasteiger partial charge in [0.05, 0.1) is 11.2 Å². The minimum absolute atomic E-state index is 0.307. The van der Waals surface area contributed by atoms with Gasteiger partial charge in [-0.25, -0.2) is 5.43 Å². The molecule has 1 N–H and O–H groups in total. The number of hydrazone groups is 1. The number of amides is 1. The van der Waals surface area contributed by atoms with Crippen LogP contribution in [0.3, 0.4) is 0 Å². The van der Waals surface area contributed by atoms with E-state index >= 15 is 0 Å². The molecule has 4 nitrogen and oxygen atoms in total. The highest BCUT2D eigenvalue weighted by molar-refractivity contribution is 7.21. The van der Waals surface area contributed by atoms with Crippen LogP contribution in [0, 0.1) is 0 Å². The number of nitrogens with one attached hydrogen (secondary N) is 1. The number of carbonyl (C=O) groups excluding carboxylic acids is 1. The molecule has 0 bridgehead atoms. The molecular weight excluding hydrogens is 402 g/mol. The average Bonchev–Trinajstić information content (AvgIpc) is 3.23. The Labute approximate surface area is 176 Å². The van der Waals surface area contributed by atoms with E-state index in [1.54, 1.807) is 6.21 Å². The molecule has 5 rings (SSSR count). The lowest BCUT2D eigenvalue weighted by Crippen LogP contribution is -2.16. The van der Waals surface area contributed by atoms with Crippen molar-refractivity contribution in [3.05, 3.63) is 82.2 Å². The van der Waals surface area contributed by atoms with Gasteiger partial charge in [0.15, 0.2) is 0 Å². The number of carbonyl (C=O) groups is 1. The standard InChI is InChI=1S/C23H16ClN3OS/c1-27-18-8-4-2-6-15(18)17-12-14(10-11-19(17)27)13-25-26-23(28)22-21(24)16-7-3-5-9-20(16)29-22/h2-13H,1H3,(H,26,28)/b25-13-. The van der Waals surface area contributed by atoms with Gasteiger partial charge in [0.1, 0.15) is 4.88 Å². The lowest BCUT2D eigenvalue weighted by atomic mass is 10.1. The molecule has 0 spiro atoms. The van der Waals surface area contributed by atoms with Crippen molar-refractivity contribution >= 4 is 67.0 Å². The number of aryl methyl sites for hydroxylation is 1. The van der Waals surface area contributed by atoms with Crippen LogP contribution in [0.15, 0.2) is 71.8 Å². The van der Waals surface area contributed by atoms with Crippen molar-refractivity contribution in [2.24, 2.45) is 12.1 Å². The van der Waals surface area contributed by atoms with Gasteiger partial charge in [-0.1, -0.05) is 54.1 Å². The van der Waals surface area contributed by atoms with E-state index in [2.05, 4.69) is 46.4 Å². The topological polar surface area (TPSA) is 46.4 Å². The first-order chi connectivity index (χ1) is 14.1. The van der Waals surface area contributed by atoms with E-state index in [4.69, 9.17) is 11.6 Å². The summed E-state index contributed by atoms with van der Waals surface area (Å²) in [6, 6.07) is 22.1. The predicted octanol–water partition coefficient (Wildman–Crippen LogP) is 5.96. The smallest absolute Gasteiger partial charge is 0.283 e. The van der Waals surface area contributed by atoms with Crippen molar-refractivity contribution in [2.75, 3.05) is 0 Å². The number of rotatable bonds is 3. The molecule has 2 heterocycles. The third kappa shape index (κ3) is 2.99. The summed E-state index contributed by atoms with van der Waals surface area (Å²) in [6.45, 7) is 0. The Hall–Kier alpha value is -3.15. The van der Waals surface area contributed by atoms with Gasteiger partial charge in [-0.3, -0.25) is 4.79 Å². The number of fused-ring (bicyclic) bond motifs is 4. The first-order valence-corrected chi connectivity index (χ1v) is 10.3. The molecule has 2 aromatic heterocycles. The van der Waals surface area contributed by atoms with Gasteiger partial charge in [0, 0.05) is 38.9 Å². The fourth-order valence-electron chi connectivity index (χ4n) is 3.64.